The number of amides is 1. The molecule has 3 aromatic rings. The number of rotatable bonds is 12. The second-order valence-corrected chi connectivity index (χ2v) is 11.4. The smallest absolute Gasteiger partial charge is 0.447 e. The number of nitrogens with zero attached hydrogens (tertiary/aromatic N) is 6. The number of carboxylic acids is 1. The molecule has 0 bridgehead atoms. The molecule has 44 heavy (non-hydrogen) atoms. The van der Waals surface area contributed by atoms with Crippen molar-refractivity contribution in [2.24, 2.45) is 11.7 Å². The highest BCUT2D eigenvalue weighted by Crippen LogP contribution is 2.39. The molecule has 1 fully saturated rings. The van der Waals surface area contributed by atoms with E-state index in [1.165, 1.54) is 27.7 Å². The lowest BCUT2D eigenvalue weighted by Crippen LogP contribution is -2.52. The normalized spacial score (nSPS) is 17.3. The monoisotopic (exact) mass is 636 g/mol. The van der Waals surface area contributed by atoms with Gasteiger partial charge in [0.15, 0.2) is 5.65 Å². The van der Waals surface area contributed by atoms with E-state index in [-0.39, 0.29) is 52.2 Å². The van der Waals surface area contributed by atoms with Crippen LogP contribution in [0.3, 0.4) is 0 Å². The molecule has 4 heterocycles. The maximum Gasteiger partial charge on any atom is 0.447 e. The van der Waals surface area contributed by atoms with Crippen molar-refractivity contribution in [2.75, 3.05) is 58.8 Å². The SMILES string of the molecule is CN1CC[C@H](Nc2cccn3c(SC(F)(F)F)c(C#CCN)nc23)[C@@H](C(=O)N(C)CCCOCCn2cc(C(=O)O)cn2)C1. The highest BCUT2D eigenvalue weighted by molar-refractivity contribution is 8.00. The molecule has 1 aliphatic heterocycles. The van der Waals surface area contributed by atoms with Gasteiger partial charge in [0.2, 0.25) is 5.91 Å². The lowest BCUT2D eigenvalue weighted by molar-refractivity contribution is -0.136. The third-order valence-corrected chi connectivity index (χ3v) is 7.92. The Kier molecular flexibility index (Phi) is 11.1. The van der Waals surface area contributed by atoms with Crippen molar-refractivity contribution in [2.45, 2.75) is 36.0 Å². The topological polar surface area (TPSA) is 143 Å². The zero-order valence-electron chi connectivity index (χ0n) is 24.4. The third kappa shape index (κ3) is 8.65. The lowest BCUT2D eigenvalue weighted by atomic mass is 9.90. The molecule has 0 spiro atoms. The molecule has 1 amide bonds. The fourth-order valence-electron chi connectivity index (χ4n) is 4.97. The Morgan fingerprint density at radius 3 is 2.84 bits per heavy atom. The minimum Gasteiger partial charge on any atom is -0.478 e. The average Bonchev–Trinajstić information content (AvgIpc) is 3.59. The van der Waals surface area contributed by atoms with Gasteiger partial charge in [0.25, 0.3) is 0 Å². The van der Waals surface area contributed by atoms with E-state index in [0.717, 1.165) is 6.54 Å². The van der Waals surface area contributed by atoms with Gasteiger partial charge in [0.1, 0.15) is 10.7 Å². The van der Waals surface area contributed by atoms with Crippen LogP contribution in [0.2, 0.25) is 0 Å². The second kappa shape index (κ2) is 14.8. The minimum absolute atomic E-state index is 0.0142. The number of fused-ring (bicyclic) bond motifs is 1. The number of aromatic carboxylic acids is 1. The van der Waals surface area contributed by atoms with Gasteiger partial charge in [-0.3, -0.25) is 13.9 Å². The number of thioether (sulfide) groups is 1. The molecule has 0 unspecified atom stereocenters. The first kappa shape index (κ1) is 33.1. The van der Waals surface area contributed by atoms with Crippen LogP contribution >= 0.6 is 11.8 Å². The summed E-state index contributed by atoms with van der Waals surface area (Å²) in [6.07, 6.45) is 5.47. The van der Waals surface area contributed by atoms with Gasteiger partial charge in [-0.15, -0.1) is 0 Å². The van der Waals surface area contributed by atoms with Crippen LogP contribution in [0.25, 0.3) is 5.65 Å². The maximum atomic E-state index is 13.6. The fourth-order valence-corrected chi connectivity index (χ4v) is 5.63. The van der Waals surface area contributed by atoms with Crippen LogP contribution in [0, 0.1) is 17.8 Å². The largest absolute Gasteiger partial charge is 0.478 e. The first-order valence-corrected chi connectivity index (χ1v) is 14.8. The number of aromatic nitrogens is 4. The summed E-state index contributed by atoms with van der Waals surface area (Å²) in [5, 5.41) is 16.2. The lowest BCUT2D eigenvalue weighted by Gasteiger charge is -2.38. The molecule has 4 rings (SSSR count). The van der Waals surface area contributed by atoms with E-state index in [0.29, 0.717) is 51.4 Å². The van der Waals surface area contributed by atoms with Gasteiger partial charge in [-0.2, -0.15) is 18.3 Å². The Hall–Kier alpha value is -3.78. The van der Waals surface area contributed by atoms with Crippen molar-refractivity contribution < 1.29 is 32.6 Å². The molecule has 1 saturated heterocycles. The number of hydrogen-bond donors (Lipinski definition) is 3. The van der Waals surface area contributed by atoms with E-state index in [2.05, 4.69) is 32.1 Å². The molecular weight excluding hydrogens is 601 g/mol. The fraction of sp³-hybridized carbons (Fsp3) is 0.500. The van der Waals surface area contributed by atoms with Crippen molar-refractivity contribution in [1.82, 2.24) is 29.0 Å². The summed E-state index contributed by atoms with van der Waals surface area (Å²) in [7, 11) is 3.69. The predicted octanol–water partition coefficient (Wildman–Crippen LogP) is 2.45. The van der Waals surface area contributed by atoms with Crippen LogP contribution in [0.1, 0.15) is 28.9 Å². The molecule has 1 aliphatic rings. The number of carboxylic acid groups (broad SMARTS) is 1. The number of piperidine rings is 1. The number of imidazole rings is 1. The number of pyridine rings is 1. The Bertz CT molecular complexity index is 1520. The number of carbonyl (C=O) groups is 2. The summed E-state index contributed by atoms with van der Waals surface area (Å²) in [4.78, 5) is 32.7. The van der Waals surface area contributed by atoms with Gasteiger partial charge < -0.3 is 30.7 Å². The summed E-state index contributed by atoms with van der Waals surface area (Å²) in [5.41, 5.74) is 1.80. The van der Waals surface area contributed by atoms with Gasteiger partial charge in [-0.1, -0.05) is 5.92 Å². The van der Waals surface area contributed by atoms with Crippen molar-refractivity contribution in [3.05, 3.63) is 42.0 Å². The highest BCUT2D eigenvalue weighted by Gasteiger charge is 2.36. The highest BCUT2D eigenvalue weighted by atomic mass is 32.2. The molecule has 0 aromatic carbocycles. The van der Waals surface area contributed by atoms with Crippen LogP contribution in [0.5, 0.6) is 0 Å². The molecule has 3 aromatic heterocycles. The molecule has 0 aliphatic carbocycles. The number of nitrogens with two attached hydrogens (primary N) is 1. The first-order chi connectivity index (χ1) is 21.0. The number of likely N-dealkylation sites (tertiary alicyclic amines) is 1. The van der Waals surface area contributed by atoms with Crippen molar-refractivity contribution in [3.8, 4) is 11.8 Å². The van der Waals surface area contributed by atoms with Crippen molar-refractivity contribution in [1.29, 1.82) is 0 Å². The Balaban J connectivity index is 1.39. The average molecular weight is 637 g/mol. The zero-order chi connectivity index (χ0) is 31.9. The standard InChI is InChI=1S/C28H35F3N8O4S/c1-36-12-8-21(34-22-7-4-11-39-24(22)35-23(6-3-9-32)26(39)44-28(29,30)31)20(18-36)25(40)37(2)10-5-14-43-15-13-38-17-19(16-33-38)27(41)42/h4,7,11,16-17,20-21,34H,5,8-10,12-15,18,32H2,1-2H3,(H,41,42)/t20-,21-/m0/s1. The molecule has 12 nitrogen and oxygen atoms in total. The van der Waals surface area contributed by atoms with Gasteiger partial charge >= 0.3 is 11.5 Å². The van der Waals surface area contributed by atoms with Gasteiger partial charge in [-0.25, -0.2) is 9.78 Å². The molecule has 16 heteroatoms. The minimum atomic E-state index is -4.54. The van der Waals surface area contributed by atoms with Gasteiger partial charge in [0, 0.05) is 56.9 Å². The Morgan fingerprint density at radius 2 is 2.14 bits per heavy atom. The van der Waals surface area contributed by atoms with Crippen molar-refractivity contribution in [3.63, 3.8) is 0 Å². The van der Waals surface area contributed by atoms with E-state index in [4.69, 9.17) is 15.6 Å². The third-order valence-electron chi connectivity index (χ3n) is 7.10. The van der Waals surface area contributed by atoms with Gasteiger partial charge in [0.05, 0.1) is 43.1 Å². The summed E-state index contributed by atoms with van der Waals surface area (Å²) in [6, 6.07) is 3.09. The molecule has 2 atom stereocenters. The summed E-state index contributed by atoms with van der Waals surface area (Å²) in [6.45, 7) is 2.86. The summed E-state index contributed by atoms with van der Waals surface area (Å²) < 4.78 is 48.6. The van der Waals surface area contributed by atoms with Crippen molar-refractivity contribution >= 4 is 35.0 Å². The summed E-state index contributed by atoms with van der Waals surface area (Å²) in [5.74, 6) is 3.74. The molecule has 0 saturated carbocycles. The zero-order valence-corrected chi connectivity index (χ0v) is 25.2. The first-order valence-electron chi connectivity index (χ1n) is 14.0. The van der Waals surface area contributed by atoms with E-state index < -0.39 is 17.4 Å². The quantitative estimate of drug-likeness (QED) is 0.154. The maximum absolute atomic E-state index is 13.6. The van der Waals surface area contributed by atoms with E-state index in [9.17, 15) is 22.8 Å². The number of nitrogens with one attached hydrogen (secondary N) is 1. The van der Waals surface area contributed by atoms with Crippen LogP contribution in [-0.4, -0.2) is 111 Å². The second-order valence-electron chi connectivity index (χ2n) is 10.4. The van der Waals surface area contributed by atoms with E-state index >= 15 is 0 Å². The number of halogens is 3. The van der Waals surface area contributed by atoms with E-state index in [1.807, 2.05) is 7.05 Å². The Morgan fingerprint density at radius 1 is 1.34 bits per heavy atom. The van der Waals surface area contributed by atoms with Crippen LogP contribution < -0.4 is 11.1 Å². The molecule has 4 N–H and O–H groups in total. The van der Waals surface area contributed by atoms with E-state index in [1.54, 1.807) is 24.1 Å². The molecule has 238 valence electrons. The number of ether oxygens (including phenoxy) is 1. The van der Waals surface area contributed by atoms with Crippen LogP contribution in [0.4, 0.5) is 18.9 Å². The number of anilines is 1. The number of alkyl halides is 3. The van der Waals surface area contributed by atoms with Crippen LogP contribution in [0.15, 0.2) is 35.7 Å². The number of hydrogen-bond acceptors (Lipinski definition) is 9. The molecule has 0 radical (unpaired) electrons. The number of carbonyl (C=O) groups excluding carboxylic acids is 1. The van der Waals surface area contributed by atoms with Gasteiger partial charge in [-0.05, 0) is 44.5 Å². The van der Waals surface area contributed by atoms with Crippen LogP contribution in [-0.2, 0) is 16.1 Å². The Labute approximate surface area is 256 Å². The summed E-state index contributed by atoms with van der Waals surface area (Å²) >= 11 is -0.282. The molecular formula is C28H35F3N8O4S. The predicted molar refractivity (Wildman–Crippen MR) is 158 cm³/mol.